The van der Waals surface area contributed by atoms with E-state index in [0.717, 1.165) is 23.2 Å². The number of benzene rings is 1. The van der Waals surface area contributed by atoms with Crippen molar-refractivity contribution in [1.82, 2.24) is 0 Å². The van der Waals surface area contributed by atoms with Crippen LogP contribution in [0.5, 0.6) is 0 Å². The molecular formula is C12H18N2O. The highest BCUT2D eigenvalue weighted by atomic mass is 16.1. The number of hydrogen-bond acceptors (Lipinski definition) is 2. The number of rotatable bonds is 3. The second-order valence-electron chi connectivity index (χ2n) is 3.82. The highest BCUT2D eigenvalue weighted by Crippen LogP contribution is 2.23. The Kier molecular flexibility index (Phi) is 3.72. The molecule has 0 aliphatic carbocycles. The molecule has 0 aliphatic rings. The van der Waals surface area contributed by atoms with Gasteiger partial charge in [-0.2, -0.15) is 0 Å². The van der Waals surface area contributed by atoms with Gasteiger partial charge in [-0.25, -0.2) is 0 Å². The molecular weight excluding hydrogens is 188 g/mol. The van der Waals surface area contributed by atoms with Crippen LogP contribution in [-0.2, 0) is 4.79 Å². The minimum Gasteiger partial charge on any atom is -0.397 e. The van der Waals surface area contributed by atoms with Gasteiger partial charge >= 0.3 is 0 Å². The van der Waals surface area contributed by atoms with E-state index in [1.54, 1.807) is 0 Å². The van der Waals surface area contributed by atoms with Crippen molar-refractivity contribution in [3.63, 3.8) is 0 Å². The van der Waals surface area contributed by atoms with Crippen LogP contribution in [0.4, 0.5) is 11.4 Å². The number of nitrogen functional groups attached to an aromatic ring is 1. The molecule has 3 nitrogen and oxygen atoms in total. The van der Waals surface area contributed by atoms with Crippen LogP contribution in [0.2, 0.25) is 0 Å². The van der Waals surface area contributed by atoms with Gasteiger partial charge in [-0.1, -0.05) is 6.92 Å². The Morgan fingerprint density at radius 3 is 2.53 bits per heavy atom. The Morgan fingerprint density at radius 2 is 1.93 bits per heavy atom. The van der Waals surface area contributed by atoms with Crippen molar-refractivity contribution in [3.8, 4) is 0 Å². The van der Waals surface area contributed by atoms with Gasteiger partial charge in [-0.15, -0.1) is 0 Å². The van der Waals surface area contributed by atoms with Crippen molar-refractivity contribution in [2.75, 3.05) is 11.1 Å². The fourth-order valence-corrected chi connectivity index (χ4v) is 1.39. The molecule has 1 rings (SSSR count). The summed E-state index contributed by atoms with van der Waals surface area (Å²) in [5.74, 6) is 0.0208. The summed E-state index contributed by atoms with van der Waals surface area (Å²) in [5, 5.41) is 2.82. The molecule has 1 aromatic carbocycles. The van der Waals surface area contributed by atoms with Gasteiger partial charge in [0, 0.05) is 6.42 Å². The van der Waals surface area contributed by atoms with E-state index in [4.69, 9.17) is 5.73 Å². The van der Waals surface area contributed by atoms with E-state index < -0.39 is 0 Å². The molecule has 0 saturated heterocycles. The molecule has 0 bridgehead atoms. The van der Waals surface area contributed by atoms with Crippen molar-refractivity contribution >= 4 is 17.3 Å². The molecule has 0 atom stereocenters. The molecule has 0 aliphatic heterocycles. The second kappa shape index (κ2) is 4.82. The lowest BCUT2D eigenvalue weighted by atomic mass is 10.1. The minimum absolute atomic E-state index is 0.0208. The molecule has 82 valence electrons. The van der Waals surface area contributed by atoms with Crippen LogP contribution >= 0.6 is 0 Å². The third-order valence-electron chi connectivity index (χ3n) is 2.42. The molecule has 3 heteroatoms. The quantitative estimate of drug-likeness (QED) is 0.747. The Labute approximate surface area is 90.7 Å². The average Bonchev–Trinajstić information content (AvgIpc) is 2.14. The van der Waals surface area contributed by atoms with Crippen LogP contribution in [-0.4, -0.2) is 5.91 Å². The largest absolute Gasteiger partial charge is 0.397 e. The van der Waals surface area contributed by atoms with Crippen LogP contribution in [0.25, 0.3) is 0 Å². The Balaban J connectivity index is 2.86. The molecule has 0 unspecified atom stereocenters. The highest BCUT2D eigenvalue weighted by molar-refractivity contribution is 5.94. The van der Waals surface area contributed by atoms with Gasteiger partial charge in [-0.3, -0.25) is 4.79 Å². The van der Waals surface area contributed by atoms with Crippen LogP contribution in [0, 0.1) is 13.8 Å². The number of hydrogen-bond donors (Lipinski definition) is 2. The maximum Gasteiger partial charge on any atom is 0.224 e. The molecule has 15 heavy (non-hydrogen) atoms. The number of anilines is 2. The summed E-state index contributed by atoms with van der Waals surface area (Å²) in [5.41, 5.74) is 9.44. The van der Waals surface area contributed by atoms with Gasteiger partial charge in [0.2, 0.25) is 5.91 Å². The predicted molar refractivity (Wildman–Crippen MR) is 63.9 cm³/mol. The van der Waals surface area contributed by atoms with E-state index in [9.17, 15) is 4.79 Å². The van der Waals surface area contributed by atoms with Crippen LogP contribution in [0.15, 0.2) is 12.1 Å². The number of aryl methyl sites for hydroxylation is 2. The van der Waals surface area contributed by atoms with Crippen LogP contribution in [0.1, 0.15) is 30.9 Å². The molecule has 1 aromatic rings. The van der Waals surface area contributed by atoms with Crippen molar-refractivity contribution in [3.05, 3.63) is 23.3 Å². The Bertz CT molecular complexity index is 372. The number of carbonyl (C=O) groups is 1. The van der Waals surface area contributed by atoms with E-state index in [2.05, 4.69) is 5.32 Å². The fraction of sp³-hybridized carbons (Fsp3) is 0.417. The zero-order valence-corrected chi connectivity index (χ0v) is 9.55. The highest BCUT2D eigenvalue weighted by Gasteiger charge is 2.05. The van der Waals surface area contributed by atoms with E-state index in [1.165, 1.54) is 0 Å². The number of nitrogens with two attached hydrogens (primary N) is 1. The first-order chi connectivity index (χ1) is 7.04. The maximum atomic E-state index is 11.4. The average molecular weight is 206 g/mol. The second-order valence-corrected chi connectivity index (χ2v) is 3.82. The summed E-state index contributed by atoms with van der Waals surface area (Å²) in [6.45, 7) is 5.98. The summed E-state index contributed by atoms with van der Waals surface area (Å²) in [6.07, 6.45) is 1.38. The third-order valence-corrected chi connectivity index (χ3v) is 2.42. The van der Waals surface area contributed by atoms with E-state index >= 15 is 0 Å². The van der Waals surface area contributed by atoms with Gasteiger partial charge in [0.25, 0.3) is 0 Å². The third kappa shape index (κ3) is 2.98. The first-order valence-electron chi connectivity index (χ1n) is 5.21. The molecule has 0 radical (unpaired) electrons. The van der Waals surface area contributed by atoms with Crippen molar-refractivity contribution in [2.24, 2.45) is 0 Å². The standard InChI is InChI=1S/C12H18N2O/c1-4-5-12(15)14-11-7-9(3)8(2)6-10(11)13/h6-7H,4-5,13H2,1-3H3,(H,14,15). The lowest BCUT2D eigenvalue weighted by molar-refractivity contribution is -0.116. The number of amides is 1. The zero-order chi connectivity index (χ0) is 11.4. The molecule has 0 saturated carbocycles. The fourth-order valence-electron chi connectivity index (χ4n) is 1.39. The lowest BCUT2D eigenvalue weighted by Crippen LogP contribution is -2.12. The topological polar surface area (TPSA) is 55.1 Å². The van der Waals surface area contributed by atoms with Gasteiger partial charge < -0.3 is 11.1 Å². The summed E-state index contributed by atoms with van der Waals surface area (Å²) in [4.78, 5) is 11.4. The smallest absolute Gasteiger partial charge is 0.224 e. The summed E-state index contributed by atoms with van der Waals surface area (Å²) >= 11 is 0. The van der Waals surface area contributed by atoms with Gasteiger partial charge in [0.05, 0.1) is 11.4 Å². The van der Waals surface area contributed by atoms with Crippen molar-refractivity contribution in [1.29, 1.82) is 0 Å². The van der Waals surface area contributed by atoms with Crippen LogP contribution in [0.3, 0.4) is 0 Å². The number of carbonyl (C=O) groups excluding carboxylic acids is 1. The van der Waals surface area contributed by atoms with E-state index in [1.807, 2.05) is 32.9 Å². The summed E-state index contributed by atoms with van der Waals surface area (Å²) in [6, 6.07) is 3.80. The first kappa shape index (κ1) is 11.6. The molecule has 3 N–H and O–H groups in total. The van der Waals surface area contributed by atoms with E-state index in [0.29, 0.717) is 12.1 Å². The molecule has 0 spiro atoms. The van der Waals surface area contributed by atoms with Gasteiger partial charge in [0.15, 0.2) is 0 Å². The van der Waals surface area contributed by atoms with E-state index in [-0.39, 0.29) is 5.91 Å². The zero-order valence-electron chi connectivity index (χ0n) is 9.55. The van der Waals surface area contributed by atoms with Crippen molar-refractivity contribution in [2.45, 2.75) is 33.6 Å². The molecule has 0 aromatic heterocycles. The number of nitrogens with one attached hydrogen (secondary N) is 1. The SMILES string of the molecule is CCCC(=O)Nc1cc(C)c(C)cc1N. The maximum absolute atomic E-state index is 11.4. The normalized spacial score (nSPS) is 10.1. The van der Waals surface area contributed by atoms with Crippen LogP contribution < -0.4 is 11.1 Å². The van der Waals surface area contributed by atoms with Gasteiger partial charge in [0.1, 0.15) is 0 Å². The lowest BCUT2D eigenvalue weighted by Gasteiger charge is -2.10. The Hall–Kier alpha value is -1.51. The monoisotopic (exact) mass is 206 g/mol. The molecule has 0 fully saturated rings. The minimum atomic E-state index is 0.0208. The summed E-state index contributed by atoms with van der Waals surface area (Å²) < 4.78 is 0. The summed E-state index contributed by atoms with van der Waals surface area (Å²) in [7, 11) is 0. The van der Waals surface area contributed by atoms with Crippen molar-refractivity contribution < 1.29 is 4.79 Å². The molecule has 1 amide bonds. The predicted octanol–water partition coefficient (Wildman–Crippen LogP) is 2.62. The first-order valence-corrected chi connectivity index (χ1v) is 5.21. The van der Waals surface area contributed by atoms with Gasteiger partial charge in [-0.05, 0) is 43.5 Å². The Morgan fingerprint density at radius 1 is 1.33 bits per heavy atom. The molecule has 0 heterocycles.